The zero-order valence-corrected chi connectivity index (χ0v) is 24.1. The number of hydrogen-bond acceptors (Lipinski definition) is 2. The Morgan fingerprint density at radius 1 is 0.765 bits per heavy atom. The topological polar surface area (TPSA) is 6.48 Å². The van der Waals surface area contributed by atoms with Crippen molar-refractivity contribution >= 4 is 35.4 Å². The van der Waals surface area contributed by atoms with Crippen LogP contribution in [-0.2, 0) is 13.5 Å². The van der Waals surface area contributed by atoms with Gasteiger partial charge in [0, 0.05) is 24.5 Å². The predicted molar refractivity (Wildman–Crippen MR) is 148 cm³/mol. The summed E-state index contributed by atoms with van der Waals surface area (Å²) in [4.78, 5) is 4.81. The number of rotatable bonds is 3. The van der Waals surface area contributed by atoms with Gasteiger partial charge in [-0.25, -0.2) is 0 Å². The van der Waals surface area contributed by atoms with E-state index in [0.717, 1.165) is 24.2 Å². The Balaban J connectivity index is 0.000000248. The van der Waals surface area contributed by atoms with E-state index in [1.165, 1.54) is 44.8 Å². The van der Waals surface area contributed by atoms with E-state index in [1.807, 2.05) is 28.9 Å². The normalized spacial score (nSPS) is 13.5. The summed E-state index contributed by atoms with van der Waals surface area (Å²) in [7, 11) is 11.4. The van der Waals surface area contributed by atoms with E-state index >= 15 is 0 Å². The van der Waals surface area contributed by atoms with E-state index in [-0.39, 0.29) is 0 Å². The van der Waals surface area contributed by atoms with E-state index < -0.39 is 13.5 Å². The SMILES string of the molecule is Cc1cc(C)c(N2[CH-]N(c3c(C)cc(C)cc3C)CC2)c(C)c1.[CH2-]c1ccccc1[CH]=[Ru]([Cl])[Cl]. The fourth-order valence-electron chi connectivity index (χ4n) is 4.81. The van der Waals surface area contributed by atoms with Crippen LogP contribution in [0, 0.1) is 55.1 Å². The molecule has 0 unspecified atom stereocenters. The quantitative estimate of drug-likeness (QED) is 0.229. The summed E-state index contributed by atoms with van der Waals surface area (Å²) in [6.07, 6.45) is 0. The second-order valence-corrected chi connectivity index (χ2v) is 14.7. The second-order valence-electron chi connectivity index (χ2n) is 9.00. The van der Waals surface area contributed by atoms with Crippen LogP contribution in [0.15, 0.2) is 48.5 Å². The summed E-state index contributed by atoms with van der Waals surface area (Å²) < 4.78 is 1.90. The third kappa shape index (κ3) is 6.66. The average molecular weight is 583 g/mol. The molecule has 0 atom stereocenters. The van der Waals surface area contributed by atoms with Crippen LogP contribution < -0.4 is 9.80 Å². The molecule has 0 spiro atoms. The maximum atomic E-state index is 5.71. The van der Waals surface area contributed by atoms with Crippen molar-refractivity contribution in [2.45, 2.75) is 41.5 Å². The molecule has 0 amide bonds. The van der Waals surface area contributed by atoms with Gasteiger partial charge in [-0.3, -0.25) is 0 Å². The molecule has 0 saturated carbocycles. The number of hydrogen-bond donors (Lipinski definition) is 0. The molecule has 0 bridgehead atoms. The molecule has 1 aliphatic heterocycles. The Hall–Kier alpha value is -1.80. The standard InChI is InChI=1S/C21H27N2.C8H7.2ClH.Ru/c1-14-9-16(3)20(17(4)10-14)22-7-8-23(13-22)21-18(5)11-15(2)12-19(21)6;1-7-5-3-4-6-8(7)2;;;/h9-13H,7-8H2,1-6H3;1,3-6H,2H2;2*1H;/q2*-1;;;+2/p-2. The van der Waals surface area contributed by atoms with Crippen molar-refractivity contribution in [2.24, 2.45) is 0 Å². The Morgan fingerprint density at radius 3 is 1.56 bits per heavy atom. The summed E-state index contributed by atoms with van der Waals surface area (Å²) in [5.41, 5.74) is 12.9. The Kier molecular flexibility index (Phi) is 9.27. The molecule has 34 heavy (non-hydrogen) atoms. The molecule has 1 fully saturated rings. The van der Waals surface area contributed by atoms with E-state index in [4.69, 9.17) is 19.4 Å². The number of halogens is 2. The van der Waals surface area contributed by atoms with Gasteiger partial charge in [0.05, 0.1) is 0 Å². The molecule has 0 radical (unpaired) electrons. The van der Waals surface area contributed by atoms with Gasteiger partial charge < -0.3 is 9.80 Å². The zero-order valence-electron chi connectivity index (χ0n) is 20.9. The van der Waals surface area contributed by atoms with Gasteiger partial charge in [-0.2, -0.15) is 6.67 Å². The molecule has 184 valence electrons. The van der Waals surface area contributed by atoms with Gasteiger partial charge in [-0.15, -0.1) is 0 Å². The van der Waals surface area contributed by atoms with Crippen molar-refractivity contribution in [3.8, 4) is 0 Å². The van der Waals surface area contributed by atoms with Crippen LogP contribution in [0.2, 0.25) is 0 Å². The van der Waals surface area contributed by atoms with Crippen molar-refractivity contribution in [2.75, 3.05) is 22.9 Å². The van der Waals surface area contributed by atoms with Crippen LogP contribution in [0.4, 0.5) is 11.4 Å². The molecular weight excluding hydrogens is 548 g/mol. The van der Waals surface area contributed by atoms with Gasteiger partial charge in [0.15, 0.2) is 0 Å². The molecular formula is C29H34Cl2N2Ru-2. The molecule has 4 rings (SSSR count). The molecule has 1 saturated heterocycles. The number of nitrogens with zero attached hydrogens (tertiary/aromatic N) is 2. The number of anilines is 2. The summed E-state index contributed by atoms with van der Waals surface area (Å²) >= 11 is -1.68. The van der Waals surface area contributed by atoms with Gasteiger partial charge in [0.25, 0.3) is 0 Å². The Bertz CT molecular complexity index is 1090. The molecule has 5 heteroatoms. The van der Waals surface area contributed by atoms with Gasteiger partial charge in [0.1, 0.15) is 0 Å². The monoisotopic (exact) mass is 582 g/mol. The molecule has 1 aliphatic rings. The molecule has 1 heterocycles. The van der Waals surface area contributed by atoms with Crippen molar-refractivity contribution in [3.63, 3.8) is 0 Å². The van der Waals surface area contributed by atoms with Crippen LogP contribution in [-0.4, -0.2) is 17.7 Å². The third-order valence-electron chi connectivity index (χ3n) is 5.95. The van der Waals surface area contributed by atoms with Gasteiger partial charge in [0.2, 0.25) is 0 Å². The van der Waals surface area contributed by atoms with Crippen molar-refractivity contribution in [1.29, 1.82) is 0 Å². The van der Waals surface area contributed by atoms with Gasteiger partial charge >= 0.3 is 79.8 Å². The summed E-state index contributed by atoms with van der Waals surface area (Å²) in [5, 5.41) is 0. The van der Waals surface area contributed by atoms with Gasteiger partial charge in [-0.05, 0) is 63.8 Å². The second kappa shape index (κ2) is 11.8. The van der Waals surface area contributed by atoms with Crippen LogP contribution >= 0.6 is 19.4 Å². The maximum absolute atomic E-state index is 5.71. The van der Waals surface area contributed by atoms with E-state index in [1.54, 1.807) is 0 Å². The third-order valence-corrected chi connectivity index (χ3v) is 7.78. The molecule has 3 aromatic carbocycles. The van der Waals surface area contributed by atoms with Crippen LogP contribution in [0.5, 0.6) is 0 Å². The number of benzene rings is 3. The molecule has 2 nitrogen and oxygen atoms in total. The fraction of sp³-hybridized carbons (Fsp3) is 0.276. The Labute approximate surface area is 219 Å². The zero-order chi connectivity index (χ0) is 25.0. The predicted octanol–water partition coefficient (Wildman–Crippen LogP) is 7.93. The van der Waals surface area contributed by atoms with Crippen molar-refractivity contribution in [1.82, 2.24) is 0 Å². The fourth-order valence-corrected chi connectivity index (χ4v) is 6.69. The van der Waals surface area contributed by atoms with Crippen LogP contribution in [0.1, 0.15) is 44.5 Å². The van der Waals surface area contributed by atoms with Crippen LogP contribution in [0.25, 0.3) is 0 Å². The van der Waals surface area contributed by atoms with Gasteiger partial charge in [-0.1, -0.05) is 35.4 Å². The van der Waals surface area contributed by atoms with Crippen molar-refractivity contribution in [3.05, 3.63) is 107 Å². The minimum absolute atomic E-state index is 0.979. The van der Waals surface area contributed by atoms with E-state index in [9.17, 15) is 0 Å². The average Bonchev–Trinajstić information content (AvgIpc) is 3.17. The van der Waals surface area contributed by atoms with E-state index in [0.29, 0.717) is 0 Å². The minimum atomic E-state index is -1.68. The summed E-state index contributed by atoms with van der Waals surface area (Å²) in [5.74, 6) is 0. The first kappa shape index (κ1) is 26.8. The van der Waals surface area contributed by atoms with E-state index in [2.05, 4.69) is 89.2 Å². The van der Waals surface area contributed by atoms with Crippen molar-refractivity contribution < 1.29 is 13.5 Å². The first-order valence-electron chi connectivity index (χ1n) is 11.3. The Morgan fingerprint density at radius 2 is 1.18 bits per heavy atom. The first-order chi connectivity index (χ1) is 16.1. The number of aryl methyl sites for hydroxylation is 6. The molecule has 3 aromatic rings. The first-order valence-corrected chi connectivity index (χ1v) is 16.8. The summed E-state index contributed by atoms with van der Waals surface area (Å²) in [6, 6.07) is 16.9. The molecule has 0 aliphatic carbocycles. The summed E-state index contributed by atoms with van der Waals surface area (Å²) in [6.45, 7) is 21.4. The molecule has 0 N–H and O–H groups in total. The van der Waals surface area contributed by atoms with Crippen LogP contribution in [0.3, 0.4) is 0 Å². The molecule has 0 aromatic heterocycles.